The zero-order chi connectivity index (χ0) is 17.9. The molecular weight excluding hydrogens is 306 g/mol. The molecule has 0 bridgehead atoms. The minimum absolute atomic E-state index is 0.100. The fourth-order valence-electron chi connectivity index (χ4n) is 2.22. The molecule has 1 heterocycles. The number of carbonyl (C=O) groups is 2. The summed E-state index contributed by atoms with van der Waals surface area (Å²) in [6.07, 6.45) is 0. The number of rotatable bonds is 5. The van der Waals surface area contributed by atoms with Gasteiger partial charge in [-0.2, -0.15) is 4.98 Å². The molecule has 0 saturated heterocycles. The van der Waals surface area contributed by atoms with Crippen LogP contribution in [-0.2, 0) is 9.59 Å². The van der Waals surface area contributed by atoms with Gasteiger partial charge in [-0.05, 0) is 19.8 Å². The van der Waals surface area contributed by atoms with Gasteiger partial charge in [-0.15, -0.1) is 5.10 Å². The Kier molecular flexibility index (Phi) is 5.02. The van der Waals surface area contributed by atoms with E-state index in [0.29, 0.717) is 5.82 Å². The normalized spacial score (nSPS) is 13.4. The molecule has 24 heavy (non-hydrogen) atoms. The van der Waals surface area contributed by atoms with Crippen molar-refractivity contribution in [2.75, 3.05) is 5.32 Å². The summed E-state index contributed by atoms with van der Waals surface area (Å²) in [5.41, 5.74) is 0.980. The predicted molar refractivity (Wildman–Crippen MR) is 92.2 cm³/mol. The second kappa shape index (κ2) is 6.82. The molecule has 0 radical (unpaired) electrons. The third-order valence-electron chi connectivity index (χ3n) is 4.10. The van der Waals surface area contributed by atoms with Crippen molar-refractivity contribution in [1.29, 1.82) is 0 Å². The first kappa shape index (κ1) is 17.7. The summed E-state index contributed by atoms with van der Waals surface area (Å²) in [5.74, 6) is 0.0135. The van der Waals surface area contributed by atoms with Crippen molar-refractivity contribution in [2.24, 2.45) is 5.92 Å². The highest BCUT2D eigenvalue weighted by molar-refractivity contribution is 5.99. The summed E-state index contributed by atoms with van der Waals surface area (Å²) in [5, 5.41) is 12.2. The maximum absolute atomic E-state index is 12.6. The van der Waals surface area contributed by atoms with E-state index in [2.05, 4.69) is 25.8 Å². The molecular formula is C17H23N5O2. The number of hydrogen-bond donors (Lipinski definition) is 3. The smallest absolute Gasteiger partial charge is 0.252 e. The first-order valence-electron chi connectivity index (χ1n) is 7.82. The number of H-pyrrole nitrogens is 1. The maximum Gasteiger partial charge on any atom is 0.252 e. The van der Waals surface area contributed by atoms with Gasteiger partial charge in [-0.3, -0.25) is 20.0 Å². The van der Waals surface area contributed by atoms with E-state index < -0.39 is 5.54 Å². The first-order chi connectivity index (χ1) is 11.2. The van der Waals surface area contributed by atoms with Gasteiger partial charge in [-0.1, -0.05) is 43.7 Å². The fraction of sp³-hybridized carbons (Fsp3) is 0.412. The number of aryl methyl sites for hydroxylation is 1. The molecule has 128 valence electrons. The van der Waals surface area contributed by atoms with Crippen LogP contribution >= 0.6 is 0 Å². The van der Waals surface area contributed by atoms with Crippen LogP contribution in [0.15, 0.2) is 24.3 Å². The third-order valence-corrected chi connectivity index (χ3v) is 4.10. The van der Waals surface area contributed by atoms with E-state index in [-0.39, 0.29) is 23.7 Å². The Bertz CT molecular complexity index is 736. The van der Waals surface area contributed by atoms with Crippen LogP contribution in [0.25, 0.3) is 11.4 Å². The number of benzene rings is 1. The second-order valence-electron chi connectivity index (χ2n) is 6.37. The van der Waals surface area contributed by atoms with Crippen molar-refractivity contribution in [2.45, 2.75) is 40.2 Å². The maximum atomic E-state index is 12.6. The molecule has 0 spiro atoms. The minimum Gasteiger partial charge on any atom is -0.342 e. The van der Waals surface area contributed by atoms with Gasteiger partial charge in [0.2, 0.25) is 11.9 Å². The molecule has 0 aliphatic heterocycles. The standard InChI is InChI=1S/C17H23N5O2/c1-10(2)17(5,20-12(4)23)15(24)19-16-18-14(21-22-16)13-8-6-11(3)7-9-13/h6-10H,1-5H3,(H,20,23)(H2,18,19,21,22,24). The van der Waals surface area contributed by atoms with Crippen LogP contribution in [0.5, 0.6) is 0 Å². The molecule has 1 unspecified atom stereocenters. The Morgan fingerprint density at radius 1 is 1.21 bits per heavy atom. The molecule has 0 fully saturated rings. The minimum atomic E-state index is -1.05. The quantitative estimate of drug-likeness (QED) is 0.783. The topological polar surface area (TPSA) is 99.8 Å². The van der Waals surface area contributed by atoms with Gasteiger partial charge in [0.1, 0.15) is 5.54 Å². The number of aromatic amines is 1. The molecule has 7 nitrogen and oxygen atoms in total. The number of hydrogen-bond acceptors (Lipinski definition) is 4. The Morgan fingerprint density at radius 3 is 2.38 bits per heavy atom. The van der Waals surface area contributed by atoms with E-state index >= 15 is 0 Å². The van der Waals surface area contributed by atoms with Crippen molar-refractivity contribution in [3.8, 4) is 11.4 Å². The average molecular weight is 329 g/mol. The predicted octanol–water partition coefficient (Wildman–Crippen LogP) is 2.27. The zero-order valence-corrected chi connectivity index (χ0v) is 14.6. The van der Waals surface area contributed by atoms with Crippen LogP contribution in [0.1, 0.15) is 33.3 Å². The SMILES string of the molecule is CC(=O)NC(C)(C(=O)Nc1n[nH]c(-c2ccc(C)cc2)n1)C(C)C. The lowest BCUT2D eigenvalue weighted by atomic mass is 9.87. The second-order valence-corrected chi connectivity index (χ2v) is 6.37. The van der Waals surface area contributed by atoms with E-state index in [1.54, 1.807) is 6.92 Å². The Labute approximate surface area is 141 Å². The van der Waals surface area contributed by atoms with Crippen LogP contribution in [0.4, 0.5) is 5.95 Å². The largest absolute Gasteiger partial charge is 0.342 e. The van der Waals surface area contributed by atoms with E-state index in [4.69, 9.17) is 0 Å². The lowest BCUT2D eigenvalue weighted by molar-refractivity contribution is -0.130. The van der Waals surface area contributed by atoms with Crippen LogP contribution < -0.4 is 10.6 Å². The van der Waals surface area contributed by atoms with Crippen molar-refractivity contribution in [3.05, 3.63) is 29.8 Å². The molecule has 2 rings (SSSR count). The van der Waals surface area contributed by atoms with Crippen molar-refractivity contribution < 1.29 is 9.59 Å². The van der Waals surface area contributed by atoms with E-state index in [1.165, 1.54) is 6.92 Å². The average Bonchev–Trinajstić information content (AvgIpc) is 2.95. The number of amides is 2. The third kappa shape index (κ3) is 3.79. The molecule has 1 aromatic carbocycles. The van der Waals surface area contributed by atoms with Gasteiger partial charge >= 0.3 is 0 Å². The Hall–Kier alpha value is -2.70. The lowest BCUT2D eigenvalue weighted by Gasteiger charge is -2.32. The monoisotopic (exact) mass is 329 g/mol. The summed E-state index contributed by atoms with van der Waals surface area (Å²) in [4.78, 5) is 28.3. The molecule has 0 aliphatic carbocycles. The summed E-state index contributed by atoms with van der Waals surface area (Å²) in [6.45, 7) is 8.80. The molecule has 0 saturated carbocycles. The van der Waals surface area contributed by atoms with Crippen molar-refractivity contribution in [1.82, 2.24) is 20.5 Å². The van der Waals surface area contributed by atoms with E-state index in [0.717, 1.165) is 11.1 Å². The highest BCUT2D eigenvalue weighted by Gasteiger charge is 2.38. The van der Waals surface area contributed by atoms with Gasteiger partial charge in [0.15, 0.2) is 5.82 Å². The molecule has 0 aliphatic rings. The number of anilines is 1. The number of nitrogens with one attached hydrogen (secondary N) is 3. The van der Waals surface area contributed by atoms with Gasteiger partial charge in [0.05, 0.1) is 0 Å². The summed E-state index contributed by atoms with van der Waals surface area (Å²) in [6, 6.07) is 7.80. The van der Waals surface area contributed by atoms with Crippen LogP contribution in [0.2, 0.25) is 0 Å². The molecule has 2 aromatic rings. The van der Waals surface area contributed by atoms with Gasteiger partial charge in [0, 0.05) is 12.5 Å². The molecule has 3 N–H and O–H groups in total. The van der Waals surface area contributed by atoms with Crippen molar-refractivity contribution in [3.63, 3.8) is 0 Å². The van der Waals surface area contributed by atoms with Gasteiger partial charge < -0.3 is 5.32 Å². The van der Waals surface area contributed by atoms with Gasteiger partial charge in [0.25, 0.3) is 5.91 Å². The number of nitrogens with zero attached hydrogens (tertiary/aromatic N) is 2. The summed E-state index contributed by atoms with van der Waals surface area (Å²) >= 11 is 0. The van der Waals surface area contributed by atoms with E-state index in [1.807, 2.05) is 45.0 Å². The van der Waals surface area contributed by atoms with Gasteiger partial charge in [-0.25, -0.2) is 0 Å². The van der Waals surface area contributed by atoms with Crippen LogP contribution in [0.3, 0.4) is 0 Å². The van der Waals surface area contributed by atoms with E-state index in [9.17, 15) is 9.59 Å². The van der Waals surface area contributed by atoms with Crippen LogP contribution in [-0.4, -0.2) is 32.5 Å². The highest BCUT2D eigenvalue weighted by atomic mass is 16.2. The fourth-order valence-corrected chi connectivity index (χ4v) is 2.22. The first-order valence-corrected chi connectivity index (χ1v) is 7.82. The molecule has 1 aromatic heterocycles. The molecule has 7 heteroatoms. The molecule has 1 atom stereocenters. The van der Waals surface area contributed by atoms with Crippen LogP contribution in [0, 0.1) is 12.8 Å². The Morgan fingerprint density at radius 2 is 1.83 bits per heavy atom. The lowest BCUT2D eigenvalue weighted by Crippen LogP contribution is -2.57. The Balaban J connectivity index is 2.17. The number of carbonyl (C=O) groups excluding carboxylic acids is 2. The zero-order valence-electron chi connectivity index (χ0n) is 14.6. The summed E-state index contributed by atoms with van der Waals surface area (Å²) < 4.78 is 0. The molecule has 2 amide bonds. The van der Waals surface area contributed by atoms with Crippen molar-refractivity contribution >= 4 is 17.8 Å². The summed E-state index contributed by atoms with van der Waals surface area (Å²) in [7, 11) is 0. The highest BCUT2D eigenvalue weighted by Crippen LogP contribution is 2.20. The number of aromatic nitrogens is 3.